The van der Waals surface area contributed by atoms with Gasteiger partial charge in [-0.1, -0.05) is 19.8 Å². The second-order valence-corrected chi connectivity index (χ2v) is 5.35. The van der Waals surface area contributed by atoms with Crippen LogP contribution in [-0.4, -0.2) is 48.4 Å². The summed E-state index contributed by atoms with van der Waals surface area (Å²) in [4.78, 5) is 23.8. The molecule has 1 amide bonds. The third kappa shape index (κ3) is 2.90. The second kappa shape index (κ2) is 5.88. The number of carbonyl (C=O) groups excluding carboxylic acids is 1. The van der Waals surface area contributed by atoms with E-state index < -0.39 is 17.6 Å². The van der Waals surface area contributed by atoms with E-state index in [-0.39, 0.29) is 18.4 Å². The first-order valence-corrected chi connectivity index (χ1v) is 6.81. The van der Waals surface area contributed by atoms with Gasteiger partial charge in [0.2, 0.25) is 0 Å². The monoisotopic (exact) mass is 271 g/mol. The standard InChI is InChI=1S/C13H21NO5/c1-9-4-2-3-5-13(9,12(16)17)14-11(15)10-8-18-6-7-19-10/h9-10H,2-8H2,1H3,(H,14,15)(H,16,17). The molecule has 0 aromatic carbocycles. The van der Waals surface area contributed by atoms with Crippen molar-refractivity contribution in [1.82, 2.24) is 5.32 Å². The zero-order valence-corrected chi connectivity index (χ0v) is 11.2. The summed E-state index contributed by atoms with van der Waals surface area (Å²) in [7, 11) is 0. The first-order valence-electron chi connectivity index (χ1n) is 6.81. The Hall–Kier alpha value is -1.14. The molecule has 1 aliphatic heterocycles. The minimum atomic E-state index is -1.16. The van der Waals surface area contributed by atoms with Crippen molar-refractivity contribution in [3.05, 3.63) is 0 Å². The highest BCUT2D eigenvalue weighted by Gasteiger charge is 2.47. The molecule has 1 aliphatic carbocycles. The van der Waals surface area contributed by atoms with Crippen LogP contribution in [0.3, 0.4) is 0 Å². The maximum absolute atomic E-state index is 12.1. The number of carbonyl (C=O) groups is 2. The van der Waals surface area contributed by atoms with E-state index in [9.17, 15) is 14.7 Å². The number of amides is 1. The quantitative estimate of drug-likeness (QED) is 0.783. The van der Waals surface area contributed by atoms with Crippen LogP contribution >= 0.6 is 0 Å². The minimum absolute atomic E-state index is 0.0767. The molecule has 2 fully saturated rings. The highest BCUT2D eigenvalue weighted by atomic mass is 16.6. The maximum atomic E-state index is 12.1. The van der Waals surface area contributed by atoms with Crippen LogP contribution in [0.25, 0.3) is 0 Å². The minimum Gasteiger partial charge on any atom is -0.479 e. The lowest BCUT2D eigenvalue weighted by Gasteiger charge is -2.40. The molecule has 0 spiro atoms. The largest absolute Gasteiger partial charge is 0.479 e. The average molecular weight is 271 g/mol. The molecule has 2 N–H and O–H groups in total. The molecule has 1 heterocycles. The molecule has 6 heteroatoms. The number of rotatable bonds is 3. The van der Waals surface area contributed by atoms with Gasteiger partial charge in [0, 0.05) is 0 Å². The Morgan fingerprint density at radius 1 is 1.32 bits per heavy atom. The molecule has 0 aromatic heterocycles. The van der Waals surface area contributed by atoms with E-state index in [0.29, 0.717) is 19.6 Å². The second-order valence-electron chi connectivity index (χ2n) is 5.35. The fourth-order valence-electron chi connectivity index (χ4n) is 2.84. The summed E-state index contributed by atoms with van der Waals surface area (Å²) >= 11 is 0. The van der Waals surface area contributed by atoms with Crippen LogP contribution in [0.1, 0.15) is 32.6 Å². The van der Waals surface area contributed by atoms with E-state index >= 15 is 0 Å². The van der Waals surface area contributed by atoms with Gasteiger partial charge < -0.3 is 19.9 Å². The number of carboxylic acid groups (broad SMARTS) is 1. The number of carboxylic acids is 1. The van der Waals surface area contributed by atoms with Crippen molar-refractivity contribution < 1.29 is 24.2 Å². The summed E-state index contributed by atoms with van der Waals surface area (Å²) in [5.41, 5.74) is -1.16. The molecule has 0 bridgehead atoms. The fraction of sp³-hybridized carbons (Fsp3) is 0.846. The molecule has 2 rings (SSSR count). The van der Waals surface area contributed by atoms with Gasteiger partial charge in [0.25, 0.3) is 5.91 Å². The number of aliphatic carboxylic acids is 1. The molecule has 3 unspecified atom stereocenters. The average Bonchev–Trinajstić information content (AvgIpc) is 2.42. The number of nitrogens with one attached hydrogen (secondary N) is 1. The van der Waals surface area contributed by atoms with Crippen LogP contribution < -0.4 is 5.32 Å². The zero-order valence-electron chi connectivity index (χ0n) is 11.2. The van der Waals surface area contributed by atoms with Gasteiger partial charge in [0.05, 0.1) is 19.8 Å². The first-order chi connectivity index (χ1) is 9.06. The van der Waals surface area contributed by atoms with Crippen LogP contribution in [0.15, 0.2) is 0 Å². The molecule has 1 saturated carbocycles. The predicted octanol–water partition coefficient (Wildman–Crippen LogP) is 0.552. The Labute approximate surface area is 112 Å². The van der Waals surface area contributed by atoms with Crippen LogP contribution in [0.5, 0.6) is 0 Å². The van der Waals surface area contributed by atoms with E-state index in [4.69, 9.17) is 9.47 Å². The SMILES string of the molecule is CC1CCCCC1(NC(=O)C1COCCO1)C(=O)O. The van der Waals surface area contributed by atoms with Crippen molar-refractivity contribution in [2.45, 2.75) is 44.2 Å². The van der Waals surface area contributed by atoms with Gasteiger partial charge >= 0.3 is 5.97 Å². The Balaban J connectivity index is 2.07. The molecule has 6 nitrogen and oxygen atoms in total. The molecular formula is C13H21NO5. The van der Waals surface area contributed by atoms with Crippen molar-refractivity contribution in [3.8, 4) is 0 Å². The summed E-state index contributed by atoms with van der Waals surface area (Å²) in [5.74, 6) is -1.41. The third-order valence-electron chi connectivity index (χ3n) is 4.14. The molecule has 3 atom stereocenters. The number of hydrogen-bond donors (Lipinski definition) is 2. The summed E-state index contributed by atoms with van der Waals surface area (Å²) < 4.78 is 10.5. The van der Waals surface area contributed by atoms with Crippen LogP contribution in [0.2, 0.25) is 0 Å². The molecule has 0 radical (unpaired) electrons. The van der Waals surface area contributed by atoms with E-state index in [2.05, 4.69) is 5.32 Å². The van der Waals surface area contributed by atoms with Crippen LogP contribution in [0, 0.1) is 5.92 Å². The van der Waals surface area contributed by atoms with Gasteiger partial charge in [-0.25, -0.2) is 4.79 Å². The van der Waals surface area contributed by atoms with E-state index in [1.807, 2.05) is 6.92 Å². The maximum Gasteiger partial charge on any atom is 0.329 e. The summed E-state index contributed by atoms with van der Waals surface area (Å²) in [5, 5.41) is 12.2. The Bertz CT molecular complexity index is 353. The number of ether oxygens (including phenoxy) is 2. The smallest absolute Gasteiger partial charge is 0.329 e. The fourth-order valence-corrected chi connectivity index (χ4v) is 2.84. The van der Waals surface area contributed by atoms with E-state index in [1.54, 1.807) is 0 Å². The third-order valence-corrected chi connectivity index (χ3v) is 4.14. The van der Waals surface area contributed by atoms with Crippen molar-refractivity contribution >= 4 is 11.9 Å². The van der Waals surface area contributed by atoms with E-state index in [0.717, 1.165) is 19.3 Å². The van der Waals surface area contributed by atoms with Gasteiger partial charge in [-0.15, -0.1) is 0 Å². The van der Waals surface area contributed by atoms with Gasteiger partial charge in [0.1, 0.15) is 5.54 Å². The van der Waals surface area contributed by atoms with Crippen LogP contribution in [0.4, 0.5) is 0 Å². The highest BCUT2D eigenvalue weighted by molar-refractivity contribution is 5.89. The van der Waals surface area contributed by atoms with Crippen molar-refractivity contribution in [1.29, 1.82) is 0 Å². The normalized spacial score (nSPS) is 35.6. The molecule has 0 aromatic rings. The topological polar surface area (TPSA) is 84.9 Å². The Kier molecular flexibility index (Phi) is 4.42. The summed E-state index contributed by atoms with van der Waals surface area (Å²) in [6.45, 7) is 2.92. The van der Waals surface area contributed by atoms with Crippen LogP contribution in [-0.2, 0) is 19.1 Å². The highest BCUT2D eigenvalue weighted by Crippen LogP contribution is 2.34. The Morgan fingerprint density at radius 2 is 2.11 bits per heavy atom. The van der Waals surface area contributed by atoms with Crippen molar-refractivity contribution in [3.63, 3.8) is 0 Å². The van der Waals surface area contributed by atoms with Gasteiger partial charge in [-0.2, -0.15) is 0 Å². The van der Waals surface area contributed by atoms with Crippen molar-refractivity contribution in [2.24, 2.45) is 5.92 Å². The van der Waals surface area contributed by atoms with Gasteiger partial charge in [-0.3, -0.25) is 4.79 Å². The lowest BCUT2D eigenvalue weighted by Crippen LogP contribution is -2.62. The molecule has 19 heavy (non-hydrogen) atoms. The summed E-state index contributed by atoms with van der Waals surface area (Å²) in [6, 6.07) is 0. The van der Waals surface area contributed by atoms with Gasteiger partial charge in [-0.05, 0) is 18.8 Å². The van der Waals surface area contributed by atoms with Crippen molar-refractivity contribution in [2.75, 3.05) is 19.8 Å². The Morgan fingerprint density at radius 3 is 2.68 bits per heavy atom. The lowest BCUT2D eigenvalue weighted by atomic mass is 9.73. The predicted molar refractivity (Wildman–Crippen MR) is 66.7 cm³/mol. The number of hydrogen-bond acceptors (Lipinski definition) is 4. The van der Waals surface area contributed by atoms with E-state index in [1.165, 1.54) is 0 Å². The molecule has 1 saturated heterocycles. The molecular weight excluding hydrogens is 250 g/mol. The molecule has 108 valence electrons. The first kappa shape index (κ1) is 14.3. The lowest BCUT2D eigenvalue weighted by molar-refractivity contribution is -0.159. The zero-order chi connectivity index (χ0) is 13.9. The summed E-state index contributed by atoms with van der Waals surface area (Å²) in [6.07, 6.45) is 2.42. The molecule has 2 aliphatic rings. The van der Waals surface area contributed by atoms with Gasteiger partial charge in [0.15, 0.2) is 6.10 Å².